The van der Waals surface area contributed by atoms with Crippen molar-refractivity contribution in [1.29, 1.82) is 0 Å². The van der Waals surface area contributed by atoms with Gasteiger partial charge in [-0.3, -0.25) is 19.4 Å². The van der Waals surface area contributed by atoms with E-state index in [1.54, 1.807) is 6.20 Å². The zero-order chi connectivity index (χ0) is 27.8. The number of benzene rings is 2. The van der Waals surface area contributed by atoms with Crippen LogP contribution < -0.4 is 27.8 Å². The van der Waals surface area contributed by atoms with E-state index in [1.807, 2.05) is 42.5 Å². The Labute approximate surface area is 228 Å². The van der Waals surface area contributed by atoms with Crippen molar-refractivity contribution in [2.24, 2.45) is 23.1 Å². The summed E-state index contributed by atoms with van der Waals surface area (Å²) in [5.74, 6) is -1.04. The Morgan fingerprint density at radius 1 is 0.949 bits per heavy atom. The minimum absolute atomic E-state index is 0.177. The van der Waals surface area contributed by atoms with Crippen molar-refractivity contribution < 1.29 is 14.4 Å². The van der Waals surface area contributed by atoms with E-state index in [-0.39, 0.29) is 37.2 Å². The van der Waals surface area contributed by atoms with Gasteiger partial charge in [0.25, 0.3) is 0 Å². The number of carbonyl (C=O) groups is 3. The Balaban J connectivity index is 1.46. The second kappa shape index (κ2) is 13.3. The van der Waals surface area contributed by atoms with Gasteiger partial charge in [-0.2, -0.15) is 0 Å². The Morgan fingerprint density at radius 2 is 1.59 bits per heavy atom. The first-order valence-electron chi connectivity index (χ1n) is 13.3. The van der Waals surface area contributed by atoms with Crippen molar-refractivity contribution >= 4 is 34.3 Å². The van der Waals surface area contributed by atoms with Crippen molar-refractivity contribution in [2.75, 3.05) is 31.5 Å². The molecule has 3 amide bonds. The Kier molecular flexibility index (Phi) is 9.59. The van der Waals surface area contributed by atoms with E-state index in [9.17, 15) is 14.4 Å². The fraction of sp³-hybridized carbons (Fsp3) is 0.379. The number of amides is 3. The van der Waals surface area contributed by atoms with Gasteiger partial charge in [-0.05, 0) is 48.4 Å². The molecule has 1 heterocycles. The highest BCUT2D eigenvalue weighted by Gasteiger charge is 2.31. The van der Waals surface area contributed by atoms with Crippen LogP contribution in [0.25, 0.3) is 10.9 Å². The van der Waals surface area contributed by atoms with Gasteiger partial charge in [0, 0.05) is 31.6 Å². The fourth-order valence-electron chi connectivity index (χ4n) is 5.11. The quantitative estimate of drug-likeness (QED) is 0.231. The molecule has 2 atom stereocenters. The molecule has 0 radical (unpaired) electrons. The smallest absolute Gasteiger partial charge is 0.247 e. The summed E-state index contributed by atoms with van der Waals surface area (Å²) in [6, 6.07) is 15.7. The van der Waals surface area contributed by atoms with Crippen LogP contribution in [0.5, 0.6) is 0 Å². The summed E-state index contributed by atoms with van der Waals surface area (Å²) in [4.78, 5) is 45.2. The van der Waals surface area contributed by atoms with Crippen LogP contribution in [-0.2, 0) is 27.2 Å². The first-order valence-corrected chi connectivity index (χ1v) is 13.3. The minimum atomic E-state index is -1.12. The van der Waals surface area contributed by atoms with Gasteiger partial charge in [0.05, 0.1) is 29.9 Å². The van der Waals surface area contributed by atoms with E-state index in [2.05, 4.69) is 27.8 Å². The number of nitrogens with zero attached hydrogens (tertiary/aromatic N) is 2. The van der Waals surface area contributed by atoms with Crippen LogP contribution in [-0.4, -0.2) is 65.9 Å². The molecule has 4 rings (SSSR count). The summed E-state index contributed by atoms with van der Waals surface area (Å²) in [7, 11) is 0. The van der Waals surface area contributed by atoms with Gasteiger partial charge in [-0.1, -0.05) is 42.5 Å². The maximum atomic E-state index is 13.5. The lowest BCUT2D eigenvalue weighted by molar-refractivity contribution is -0.134. The molecule has 0 aliphatic heterocycles. The zero-order valence-corrected chi connectivity index (χ0v) is 22.0. The number of rotatable bonds is 12. The summed E-state index contributed by atoms with van der Waals surface area (Å²) in [6.07, 6.45) is 3.47. The van der Waals surface area contributed by atoms with Crippen molar-refractivity contribution in [1.82, 2.24) is 15.2 Å². The lowest BCUT2D eigenvalue weighted by atomic mass is 9.96. The van der Waals surface area contributed by atoms with Gasteiger partial charge in [-0.15, -0.1) is 0 Å². The minimum Gasteiger partial charge on any atom is -0.343 e. The summed E-state index contributed by atoms with van der Waals surface area (Å²) in [5, 5.41) is 6.62. The molecule has 0 spiro atoms. The van der Waals surface area contributed by atoms with E-state index in [0.717, 1.165) is 23.7 Å². The van der Waals surface area contributed by atoms with Gasteiger partial charge >= 0.3 is 0 Å². The van der Waals surface area contributed by atoms with Gasteiger partial charge in [0.2, 0.25) is 17.7 Å². The third-order valence-electron chi connectivity index (χ3n) is 7.08. The van der Waals surface area contributed by atoms with Crippen LogP contribution in [0.1, 0.15) is 24.0 Å². The van der Waals surface area contributed by atoms with Gasteiger partial charge in [0.15, 0.2) is 0 Å². The fourth-order valence-corrected chi connectivity index (χ4v) is 5.11. The molecule has 0 saturated heterocycles. The second-order valence-electron chi connectivity index (χ2n) is 10.0. The molecular weight excluding hydrogens is 494 g/mol. The lowest BCUT2D eigenvalue weighted by Crippen LogP contribution is -2.52. The number of para-hydroxylation sites is 1. The SMILES string of the molecule is NCCN(CCN)C(=O)C[C@H](N)C(=O)N[C@@H](CC1Cc2ccccc2C1)C(=O)Nc1cnc2ccccc2c1. The maximum Gasteiger partial charge on any atom is 0.247 e. The molecule has 0 saturated carbocycles. The number of aromatic nitrogens is 1. The van der Waals surface area contributed by atoms with Crippen LogP contribution in [0.4, 0.5) is 5.69 Å². The van der Waals surface area contributed by atoms with Crippen LogP contribution >= 0.6 is 0 Å². The first-order chi connectivity index (χ1) is 18.9. The molecule has 3 aromatic rings. The normalized spacial score (nSPS) is 14.4. The zero-order valence-electron chi connectivity index (χ0n) is 22.0. The lowest BCUT2D eigenvalue weighted by Gasteiger charge is -2.25. The molecule has 10 nitrogen and oxygen atoms in total. The third-order valence-corrected chi connectivity index (χ3v) is 7.08. The van der Waals surface area contributed by atoms with Gasteiger partial charge in [0.1, 0.15) is 6.04 Å². The summed E-state index contributed by atoms with van der Waals surface area (Å²) < 4.78 is 0. The number of hydrogen-bond acceptors (Lipinski definition) is 7. The molecule has 39 heavy (non-hydrogen) atoms. The average molecular weight is 532 g/mol. The molecule has 10 heteroatoms. The number of pyridine rings is 1. The molecule has 1 aliphatic carbocycles. The number of carbonyl (C=O) groups excluding carboxylic acids is 3. The Morgan fingerprint density at radius 3 is 2.26 bits per heavy atom. The number of hydrogen-bond donors (Lipinski definition) is 5. The Bertz CT molecular complexity index is 1280. The second-order valence-corrected chi connectivity index (χ2v) is 10.0. The molecular formula is C29H37N7O3. The Hall–Kier alpha value is -3.86. The first kappa shape index (κ1) is 28.2. The molecule has 0 unspecified atom stereocenters. The number of fused-ring (bicyclic) bond motifs is 2. The number of nitrogens with two attached hydrogens (primary N) is 3. The van der Waals surface area contributed by atoms with E-state index < -0.39 is 18.0 Å². The molecule has 1 aliphatic rings. The predicted molar refractivity (Wildman–Crippen MR) is 152 cm³/mol. The van der Waals surface area contributed by atoms with E-state index in [4.69, 9.17) is 17.2 Å². The molecule has 0 bridgehead atoms. The van der Waals surface area contributed by atoms with Crippen LogP contribution in [0.3, 0.4) is 0 Å². The van der Waals surface area contributed by atoms with E-state index in [1.165, 1.54) is 16.0 Å². The van der Waals surface area contributed by atoms with Crippen molar-refractivity contribution in [3.63, 3.8) is 0 Å². The van der Waals surface area contributed by atoms with E-state index >= 15 is 0 Å². The van der Waals surface area contributed by atoms with Gasteiger partial charge < -0.3 is 32.7 Å². The van der Waals surface area contributed by atoms with Crippen LogP contribution in [0.15, 0.2) is 60.8 Å². The standard InChI is InChI=1S/C29H37N7O3/c30-9-11-36(12-10-31)27(37)17-24(32)28(38)35-26(15-19-13-20-5-1-2-6-21(20)14-19)29(39)34-23-16-22-7-3-4-8-25(22)33-18-23/h1-8,16,18-19,24,26H,9-15,17,30-32H2,(H,34,39)(H,35,38)/t24-,26-/m0/s1. The molecule has 2 aromatic carbocycles. The molecule has 0 fully saturated rings. The number of nitrogens with one attached hydrogen (secondary N) is 2. The van der Waals surface area contributed by atoms with Crippen molar-refractivity contribution in [3.8, 4) is 0 Å². The van der Waals surface area contributed by atoms with Crippen LogP contribution in [0, 0.1) is 5.92 Å². The highest BCUT2D eigenvalue weighted by molar-refractivity contribution is 5.99. The molecule has 1 aromatic heterocycles. The number of anilines is 1. The highest BCUT2D eigenvalue weighted by Crippen LogP contribution is 2.30. The summed E-state index contributed by atoms with van der Waals surface area (Å²) in [6.45, 7) is 1.22. The maximum absolute atomic E-state index is 13.5. The van der Waals surface area contributed by atoms with Crippen LogP contribution in [0.2, 0.25) is 0 Å². The van der Waals surface area contributed by atoms with E-state index in [0.29, 0.717) is 25.2 Å². The molecule has 206 valence electrons. The summed E-state index contributed by atoms with van der Waals surface area (Å²) >= 11 is 0. The van der Waals surface area contributed by atoms with Crippen molar-refractivity contribution in [2.45, 2.75) is 37.8 Å². The predicted octanol–water partition coefficient (Wildman–Crippen LogP) is 0.927. The highest BCUT2D eigenvalue weighted by atomic mass is 16.2. The third kappa shape index (κ3) is 7.38. The topological polar surface area (TPSA) is 169 Å². The monoisotopic (exact) mass is 531 g/mol. The largest absolute Gasteiger partial charge is 0.343 e. The van der Waals surface area contributed by atoms with Gasteiger partial charge in [-0.25, -0.2) is 0 Å². The average Bonchev–Trinajstić information content (AvgIpc) is 3.35. The summed E-state index contributed by atoms with van der Waals surface area (Å²) in [5.41, 5.74) is 21.2. The molecule has 8 N–H and O–H groups in total. The van der Waals surface area contributed by atoms with Crippen molar-refractivity contribution in [3.05, 3.63) is 71.9 Å².